The molecular weight excluding hydrogens is 244 g/mol. The van der Waals surface area contributed by atoms with E-state index in [1.807, 2.05) is 6.92 Å². The largest absolute Gasteiger partial charge is 0.364 e. The summed E-state index contributed by atoms with van der Waals surface area (Å²) in [4.78, 5) is 10.8. The maximum absolute atomic E-state index is 11.2. The summed E-state index contributed by atoms with van der Waals surface area (Å²) in [6, 6.07) is 0. The lowest BCUT2D eigenvalue weighted by atomic mass is 10.0. The van der Waals surface area contributed by atoms with Crippen LogP contribution in [0.15, 0.2) is 0 Å². The van der Waals surface area contributed by atoms with E-state index in [0.717, 1.165) is 12.5 Å². The molecule has 2 aliphatic rings. The minimum atomic E-state index is -0.326. The van der Waals surface area contributed by atoms with E-state index >= 15 is 0 Å². The van der Waals surface area contributed by atoms with E-state index in [0.29, 0.717) is 23.5 Å². The van der Waals surface area contributed by atoms with Gasteiger partial charge in [-0.2, -0.15) is 5.10 Å². The van der Waals surface area contributed by atoms with Crippen molar-refractivity contribution in [2.75, 3.05) is 11.9 Å². The molecule has 0 unspecified atom stereocenters. The van der Waals surface area contributed by atoms with Gasteiger partial charge in [0.25, 0.3) is 0 Å². The molecule has 6 nitrogen and oxygen atoms in total. The predicted molar refractivity (Wildman–Crippen MR) is 72.2 cm³/mol. The standard InChI is InChI=1S/C13H20N4O2/c1-3-16-12(11(17(18)19)9(2)15-16)14-8-13(6-7-13)10-4-5-10/h10,14H,3-8H2,1-2H3. The van der Waals surface area contributed by atoms with Crippen molar-refractivity contribution in [2.24, 2.45) is 11.3 Å². The molecule has 0 saturated heterocycles. The molecule has 0 atom stereocenters. The van der Waals surface area contributed by atoms with Gasteiger partial charge in [-0.1, -0.05) is 0 Å². The number of nitro groups is 1. The van der Waals surface area contributed by atoms with Gasteiger partial charge in [-0.15, -0.1) is 0 Å². The fraction of sp³-hybridized carbons (Fsp3) is 0.769. The minimum Gasteiger partial charge on any atom is -0.364 e. The number of rotatable bonds is 6. The zero-order valence-electron chi connectivity index (χ0n) is 11.5. The molecule has 0 bridgehead atoms. The third-order valence-corrected chi connectivity index (χ3v) is 4.52. The summed E-state index contributed by atoms with van der Waals surface area (Å²) in [6.45, 7) is 5.15. The molecule has 104 valence electrons. The molecule has 0 aliphatic heterocycles. The van der Waals surface area contributed by atoms with Crippen LogP contribution in [0.1, 0.15) is 38.3 Å². The number of aryl methyl sites for hydroxylation is 2. The van der Waals surface area contributed by atoms with Gasteiger partial charge in [-0.3, -0.25) is 10.1 Å². The van der Waals surface area contributed by atoms with Crippen molar-refractivity contribution in [1.82, 2.24) is 9.78 Å². The van der Waals surface area contributed by atoms with Crippen LogP contribution < -0.4 is 5.32 Å². The summed E-state index contributed by atoms with van der Waals surface area (Å²) in [5.74, 6) is 1.43. The fourth-order valence-electron chi connectivity index (χ4n) is 3.04. The quantitative estimate of drug-likeness (QED) is 0.633. The Morgan fingerprint density at radius 1 is 1.53 bits per heavy atom. The van der Waals surface area contributed by atoms with E-state index < -0.39 is 0 Å². The number of hydrogen-bond acceptors (Lipinski definition) is 4. The number of hydrogen-bond donors (Lipinski definition) is 1. The van der Waals surface area contributed by atoms with Gasteiger partial charge in [0.05, 0.1) is 4.92 Å². The number of aromatic nitrogens is 2. The Labute approximate surface area is 112 Å². The summed E-state index contributed by atoms with van der Waals surface area (Å²) in [5.41, 5.74) is 1.05. The van der Waals surface area contributed by atoms with E-state index in [1.165, 1.54) is 25.7 Å². The zero-order chi connectivity index (χ0) is 13.6. The molecule has 2 aliphatic carbocycles. The van der Waals surface area contributed by atoms with Crippen LogP contribution in [-0.4, -0.2) is 21.2 Å². The highest BCUT2D eigenvalue weighted by Gasteiger charge is 2.53. The number of nitrogens with zero attached hydrogens (tertiary/aromatic N) is 3. The Kier molecular flexibility index (Phi) is 2.76. The molecule has 1 N–H and O–H groups in total. The van der Waals surface area contributed by atoms with E-state index in [9.17, 15) is 10.1 Å². The van der Waals surface area contributed by atoms with Gasteiger partial charge >= 0.3 is 5.69 Å². The molecule has 6 heteroatoms. The molecule has 19 heavy (non-hydrogen) atoms. The summed E-state index contributed by atoms with van der Waals surface area (Å²) in [5, 5.41) is 18.7. The molecule has 0 radical (unpaired) electrons. The van der Waals surface area contributed by atoms with Crippen molar-refractivity contribution >= 4 is 11.5 Å². The van der Waals surface area contributed by atoms with Crippen LogP contribution in [0.3, 0.4) is 0 Å². The van der Waals surface area contributed by atoms with Gasteiger partial charge in [-0.05, 0) is 50.9 Å². The molecule has 2 saturated carbocycles. The van der Waals surface area contributed by atoms with Crippen LogP contribution >= 0.6 is 0 Å². The van der Waals surface area contributed by atoms with Gasteiger partial charge in [0.15, 0.2) is 0 Å². The highest BCUT2D eigenvalue weighted by Crippen LogP contribution is 2.61. The van der Waals surface area contributed by atoms with Crippen LogP contribution in [0.4, 0.5) is 11.5 Å². The molecule has 2 fully saturated rings. The van der Waals surface area contributed by atoms with E-state index in [2.05, 4.69) is 10.4 Å². The van der Waals surface area contributed by atoms with Crippen molar-refractivity contribution in [3.05, 3.63) is 15.8 Å². The first-order chi connectivity index (χ1) is 9.07. The zero-order valence-corrected chi connectivity index (χ0v) is 11.5. The predicted octanol–water partition coefficient (Wildman–Crippen LogP) is 2.72. The van der Waals surface area contributed by atoms with Crippen LogP contribution in [0.25, 0.3) is 0 Å². The van der Waals surface area contributed by atoms with Crippen molar-refractivity contribution in [3.8, 4) is 0 Å². The third kappa shape index (κ3) is 2.09. The topological polar surface area (TPSA) is 73.0 Å². The Balaban J connectivity index is 1.80. The first kappa shape index (κ1) is 12.4. The normalized spacial score (nSPS) is 20.3. The first-order valence-corrected chi connectivity index (χ1v) is 7.03. The van der Waals surface area contributed by atoms with Crippen LogP contribution in [0, 0.1) is 28.4 Å². The monoisotopic (exact) mass is 264 g/mol. The second kappa shape index (κ2) is 4.21. The Morgan fingerprint density at radius 2 is 2.21 bits per heavy atom. The van der Waals surface area contributed by atoms with Crippen LogP contribution in [0.5, 0.6) is 0 Å². The average Bonchev–Trinajstić information content (AvgIpc) is 3.22. The number of anilines is 1. The highest BCUT2D eigenvalue weighted by atomic mass is 16.6. The molecule has 1 aromatic rings. The molecule has 0 aromatic carbocycles. The molecule has 1 aromatic heterocycles. The average molecular weight is 264 g/mol. The second-order valence-corrected chi connectivity index (χ2v) is 5.85. The van der Waals surface area contributed by atoms with Crippen LogP contribution in [-0.2, 0) is 6.54 Å². The molecule has 0 amide bonds. The maximum Gasteiger partial charge on any atom is 0.333 e. The first-order valence-electron chi connectivity index (χ1n) is 7.03. The Bertz CT molecular complexity index is 515. The number of nitrogens with one attached hydrogen (secondary N) is 1. The third-order valence-electron chi connectivity index (χ3n) is 4.52. The Morgan fingerprint density at radius 3 is 2.68 bits per heavy atom. The molecule has 1 heterocycles. The van der Waals surface area contributed by atoms with Gasteiger partial charge in [-0.25, -0.2) is 4.68 Å². The lowest BCUT2D eigenvalue weighted by Crippen LogP contribution is -2.19. The summed E-state index contributed by atoms with van der Waals surface area (Å²) < 4.78 is 1.70. The maximum atomic E-state index is 11.2. The smallest absolute Gasteiger partial charge is 0.333 e. The van der Waals surface area contributed by atoms with Crippen molar-refractivity contribution in [1.29, 1.82) is 0 Å². The van der Waals surface area contributed by atoms with Crippen molar-refractivity contribution in [3.63, 3.8) is 0 Å². The Hall–Kier alpha value is -1.59. The van der Waals surface area contributed by atoms with Gasteiger partial charge < -0.3 is 5.32 Å². The molecule has 3 rings (SSSR count). The molecule has 0 spiro atoms. The summed E-state index contributed by atoms with van der Waals surface area (Å²) in [6.07, 6.45) is 5.18. The second-order valence-electron chi connectivity index (χ2n) is 5.85. The highest BCUT2D eigenvalue weighted by molar-refractivity contribution is 5.59. The minimum absolute atomic E-state index is 0.133. The van der Waals surface area contributed by atoms with Gasteiger partial charge in [0, 0.05) is 13.1 Å². The van der Waals surface area contributed by atoms with E-state index in [4.69, 9.17) is 0 Å². The van der Waals surface area contributed by atoms with Gasteiger partial charge in [0.1, 0.15) is 5.69 Å². The van der Waals surface area contributed by atoms with E-state index in [1.54, 1.807) is 11.6 Å². The summed E-state index contributed by atoms with van der Waals surface area (Å²) >= 11 is 0. The fourth-order valence-corrected chi connectivity index (χ4v) is 3.04. The van der Waals surface area contributed by atoms with Crippen LogP contribution in [0.2, 0.25) is 0 Å². The summed E-state index contributed by atoms with van der Waals surface area (Å²) in [7, 11) is 0. The van der Waals surface area contributed by atoms with Crippen molar-refractivity contribution < 1.29 is 4.92 Å². The SMILES string of the molecule is CCn1nc(C)c([N+](=O)[O-])c1NCC1(C2CC2)CC1. The van der Waals surface area contributed by atoms with Gasteiger partial charge in [0.2, 0.25) is 5.82 Å². The lowest BCUT2D eigenvalue weighted by molar-refractivity contribution is -0.384. The van der Waals surface area contributed by atoms with Crippen molar-refractivity contribution in [2.45, 2.75) is 46.1 Å². The lowest BCUT2D eigenvalue weighted by Gasteiger charge is -2.16. The van der Waals surface area contributed by atoms with E-state index in [-0.39, 0.29) is 10.6 Å². The molecular formula is C13H20N4O2.